The van der Waals surface area contributed by atoms with Crippen molar-refractivity contribution in [2.24, 2.45) is 5.41 Å². The summed E-state index contributed by atoms with van der Waals surface area (Å²) in [4.78, 5) is 25.4. The van der Waals surface area contributed by atoms with Crippen molar-refractivity contribution < 1.29 is 24.2 Å². The fourth-order valence-corrected chi connectivity index (χ4v) is 3.03. The lowest BCUT2D eigenvalue weighted by Gasteiger charge is -2.37. The molecule has 0 saturated carbocycles. The number of carboxylic acids is 1. The lowest BCUT2D eigenvalue weighted by molar-refractivity contribution is -0.153. The summed E-state index contributed by atoms with van der Waals surface area (Å²) < 4.78 is 11.2. The molecule has 1 heterocycles. The Balaban J connectivity index is 1.78. The molecule has 0 aliphatic carbocycles. The molecule has 0 aromatic heterocycles. The predicted octanol–water partition coefficient (Wildman–Crippen LogP) is 2.96. The first-order valence-electron chi connectivity index (χ1n) is 8.82. The monoisotopic (exact) mass is 349 g/mol. The maximum atomic E-state index is 12.3. The van der Waals surface area contributed by atoms with E-state index in [4.69, 9.17) is 9.47 Å². The number of hydrogen-bond donors (Lipinski definition) is 1. The number of piperidine rings is 1. The Hall–Kier alpha value is -2.24. The molecule has 1 atom stereocenters. The second-order valence-electron chi connectivity index (χ2n) is 6.62. The normalized spacial score (nSPS) is 20.2. The molecule has 1 saturated heterocycles. The van der Waals surface area contributed by atoms with Crippen LogP contribution in [0.25, 0.3) is 0 Å². The first-order valence-corrected chi connectivity index (χ1v) is 8.82. The smallest absolute Gasteiger partial charge is 0.311 e. The summed E-state index contributed by atoms with van der Waals surface area (Å²) in [6.07, 6.45) is 2.28. The third kappa shape index (κ3) is 5.11. The van der Waals surface area contributed by atoms with Crippen molar-refractivity contribution in [2.45, 2.75) is 39.5 Å². The number of nitrogens with zero attached hydrogens (tertiary/aromatic N) is 1. The van der Waals surface area contributed by atoms with Gasteiger partial charge in [0.2, 0.25) is 5.91 Å². The summed E-state index contributed by atoms with van der Waals surface area (Å²) in [5.41, 5.74) is -0.832. The number of aliphatic carboxylic acids is 1. The van der Waals surface area contributed by atoms with Gasteiger partial charge in [0.25, 0.3) is 0 Å². The molecule has 2 rings (SSSR count). The van der Waals surface area contributed by atoms with Gasteiger partial charge in [-0.15, -0.1) is 0 Å². The van der Waals surface area contributed by atoms with Crippen LogP contribution in [0.4, 0.5) is 0 Å². The molecule has 0 spiro atoms. The number of likely N-dealkylation sites (tertiary alicyclic amines) is 1. The first kappa shape index (κ1) is 19.1. The van der Waals surface area contributed by atoms with Gasteiger partial charge >= 0.3 is 5.97 Å². The number of carbonyl (C=O) groups is 2. The zero-order valence-electron chi connectivity index (χ0n) is 15.0. The topological polar surface area (TPSA) is 76.1 Å². The summed E-state index contributed by atoms with van der Waals surface area (Å²) in [6.45, 7) is 5.53. The van der Waals surface area contributed by atoms with Crippen LogP contribution in [0.3, 0.4) is 0 Å². The molecule has 25 heavy (non-hydrogen) atoms. The summed E-state index contributed by atoms with van der Waals surface area (Å²) >= 11 is 0. The van der Waals surface area contributed by atoms with Gasteiger partial charge in [-0.1, -0.05) is 12.1 Å². The van der Waals surface area contributed by atoms with E-state index < -0.39 is 11.4 Å². The van der Waals surface area contributed by atoms with Gasteiger partial charge in [-0.2, -0.15) is 0 Å². The largest absolute Gasteiger partial charge is 0.490 e. The highest BCUT2D eigenvalue weighted by atomic mass is 16.5. The number of para-hydroxylation sites is 2. The van der Waals surface area contributed by atoms with Crippen molar-refractivity contribution in [1.29, 1.82) is 0 Å². The van der Waals surface area contributed by atoms with Gasteiger partial charge in [0.15, 0.2) is 11.5 Å². The van der Waals surface area contributed by atoms with Crippen LogP contribution in [0.15, 0.2) is 24.3 Å². The SMILES string of the molecule is CCOc1ccccc1OCCCC(=O)N1CCCC(C)(C(=O)O)C1. The molecule has 1 fully saturated rings. The van der Waals surface area contributed by atoms with Crippen LogP contribution in [0.1, 0.15) is 39.5 Å². The Morgan fingerprint density at radius 1 is 1.24 bits per heavy atom. The molecule has 1 aliphatic heterocycles. The molecule has 1 aromatic carbocycles. The molecule has 0 radical (unpaired) electrons. The number of benzene rings is 1. The van der Waals surface area contributed by atoms with Crippen molar-refractivity contribution in [3.63, 3.8) is 0 Å². The summed E-state index contributed by atoms with van der Waals surface area (Å²) in [6, 6.07) is 7.46. The zero-order chi connectivity index (χ0) is 18.3. The van der Waals surface area contributed by atoms with E-state index in [0.717, 1.165) is 6.42 Å². The molecule has 1 N–H and O–H groups in total. The second kappa shape index (κ2) is 8.74. The van der Waals surface area contributed by atoms with Gasteiger partial charge in [-0.25, -0.2) is 0 Å². The van der Waals surface area contributed by atoms with E-state index in [0.29, 0.717) is 50.5 Å². The van der Waals surface area contributed by atoms with Crippen molar-refractivity contribution in [3.8, 4) is 11.5 Å². The summed E-state index contributed by atoms with van der Waals surface area (Å²) in [5, 5.41) is 9.34. The number of rotatable bonds is 8. The van der Waals surface area contributed by atoms with E-state index in [-0.39, 0.29) is 12.5 Å². The number of carboxylic acid groups (broad SMARTS) is 1. The average molecular weight is 349 g/mol. The van der Waals surface area contributed by atoms with Crippen LogP contribution in [-0.2, 0) is 9.59 Å². The molecule has 1 unspecified atom stereocenters. The van der Waals surface area contributed by atoms with Crippen molar-refractivity contribution in [2.75, 3.05) is 26.3 Å². The molecule has 1 amide bonds. The highest BCUT2D eigenvalue weighted by Crippen LogP contribution is 2.30. The molecule has 6 nitrogen and oxygen atoms in total. The van der Waals surface area contributed by atoms with Crippen LogP contribution in [0.5, 0.6) is 11.5 Å². The maximum absolute atomic E-state index is 12.3. The van der Waals surface area contributed by atoms with Gasteiger partial charge < -0.3 is 19.5 Å². The molecule has 1 aromatic rings. The predicted molar refractivity (Wildman–Crippen MR) is 93.9 cm³/mol. The van der Waals surface area contributed by atoms with Crippen LogP contribution in [-0.4, -0.2) is 48.2 Å². The Morgan fingerprint density at radius 3 is 2.56 bits per heavy atom. The summed E-state index contributed by atoms with van der Waals surface area (Å²) in [5.74, 6) is 0.535. The van der Waals surface area contributed by atoms with E-state index in [9.17, 15) is 14.7 Å². The van der Waals surface area contributed by atoms with Crippen LogP contribution >= 0.6 is 0 Å². The minimum absolute atomic E-state index is 0.00568. The van der Waals surface area contributed by atoms with E-state index >= 15 is 0 Å². The fraction of sp³-hybridized carbons (Fsp3) is 0.579. The highest BCUT2D eigenvalue weighted by molar-refractivity contribution is 5.79. The number of amides is 1. The van der Waals surface area contributed by atoms with Crippen LogP contribution in [0, 0.1) is 5.41 Å². The van der Waals surface area contributed by atoms with Crippen LogP contribution in [0.2, 0.25) is 0 Å². The molecule has 6 heteroatoms. The van der Waals surface area contributed by atoms with Crippen molar-refractivity contribution in [3.05, 3.63) is 24.3 Å². The fourth-order valence-electron chi connectivity index (χ4n) is 3.03. The van der Waals surface area contributed by atoms with E-state index in [2.05, 4.69) is 0 Å². The Kier molecular flexibility index (Phi) is 6.67. The third-order valence-electron chi connectivity index (χ3n) is 4.51. The first-order chi connectivity index (χ1) is 12.0. The summed E-state index contributed by atoms with van der Waals surface area (Å²) in [7, 11) is 0. The number of ether oxygens (including phenoxy) is 2. The van der Waals surface area contributed by atoms with Gasteiger partial charge in [0, 0.05) is 19.5 Å². The van der Waals surface area contributed by atoms with E-state index in [1.807, 2.05) is 31.2 Å². The van der Waals surface area contributed by atoms with Gasteiger partial charge in [0.1, 0.15) is 0 Å². The van der Waals surface area contributed by atoms with E-state index in [1.54, 1.807) is 11.8 Å². The second-order valence-corrected chi connectivity index (χ2v) is 6.62. The minimum Gasteiger partial charge on any atom is -0.490 e. The minimum atomic E-state index is -0.833. The molecule has 138 valence electrons. The van der Waals surface area contributed by atoms with Gasteiger partial charge in [-0.05, 0) is 45.2 Å². The lowest BCUT2D eigenvalue weighted by atomic mass is 9.82. The maximum Gasteiger partial charge on any atom is 0.311 e. The lowest BCUT2D eigenvalue weighted by Crippen LogP contribution is -2.48. The van der Waals surface area contributed by atoms with Crippen LogP contribution < -0.4 is 9.47 Å². The highest BCUT2D eigenvalue weighted by Gasteiger charge is 2.39. The molecule has 1 aliphatic rings. The van der Waals surface area contributed by atoms with Crippen molar-refractivity contribution in [1.82, 2.24) is 4.90 Å². The number of hydrogen-bond acceptors (Lipinski definition) is 4. The Morgan fingerprint density at radius 2 is 1.92 bits per heavy atom. The third-order valence-corrected chi connectivity index (χ3v) is 4.51. The Labute approximate surface area is 148 Å². The quantitative estimate of drug-likeness (QED) is 0.730. The van der Waals surface area contributed by atoms with E-state index in [1.165, 1.54) is 0 Å². The molecular formula is C19H27NO5. The van der Waals surface area contributed by atoms with Gasteiger partial charge in [-0.3, -0.25) is 9.59 Å². The molecule has 0 bridgehead atoms. The average Bonchev–Trinajstić information content (AvgIpc) is 2.60. The van der Waals surface area contributed by atoms with Crippen molar-refractivity contribution >= 4 is 11.9 Å². The standard InChI is InChI=1S/C19H27NO5/c1-3-24-15-8-4-5-9-16(15)25-13-6-10-17(21)20-12-7-11-19(2,14-20)18(22)23/h4-5,8-9H,3,6-7,10-14H2,1-2H3,(H,22,23). The number of carbonyl (C=O) groups excluding carboxylic acids is 1. The zero-order valence-corrected chi connectivity index (χ0v) is 15.0. The molecular weight excluding hydrogens is 322 g/mol. The Bertz CT molecular complexity index is 603. The van der Waals surface area contributed by atoms with Gasteiger partial charge in [0.05, 0.1) is 18.6 Å².